The normalized spacial score (nSPS) is 22.0. The van der Waals surface area contributed by atoms with Gasteiger partial charge in [0.1, 0.15) is 0 Å². The molecule has 0 radical (unpaired) electrons. The minimum atomic E-state index is -1.02. The lowest BCUT2D eigenvalue weighted by atomic mass is 10.0. The number of hydrogen-bond acceptors (Lipinski definition) is 3. The quantitative estimate of drug-likeness (QED) is 0.656. The highest BCUT2D eigenvalue weighted by Gasteiger charge is 2.52. The van der Waals surface area contributed by atoms with E-state index in [2.05, 4.69) is 31.5 Å². The van der Waals surface area contributed by atoms with Crippen molar-refractivity contribution in [2.24, 2.45) is 0 Å². The van der Waals surface area contributed by atoms with Gasteiger partial charge in [-0.2, -0.15) is 0 Å². The Kier molecular flexibility index (Phi) is 5.75. The van der Waals surface area contributed by atoms with Crippen LogP contribution in [-0.2, 0) is 5.72 Å². The highest BCUT2D eigenvalue weighted by molar-refractivity contribution is 9.10. The number of β-amino-alcohol motifs (C(OH)–C–C–N with tert-alkyl or cyclic N) is 1. The Morgan fingerprint density at radius 3 is 2.58 bits per heavy atom. The predicted molar refractivity (Wildman–Crippen MR) is 102 cm³/mol. The molecule has 138 valence electrons. The largest absolute Gasteiger partial charge is 1.00 e. The van der Waals surface area contributed by atoms with Crippen molar-refractivity contribution in [1.29, 1.82) is 0 Å². The van der Waals surface area contributed by atoms with Gasteiger partial charge >= 0.3 is 0 Å². The minimum absolute atomic E-state index is 0. The Morgan fingerprint density at radius 2 is 1.85 bits per heavy atom. The van der Waals surface area contributed by atoms with Crippen molar-refractivity contribution in [3.63, 3.8) is 0 Å². The maximum atomic E-state index is 11.7. The van der Waals surface area contributed by atoms with E-state index in [0.29, 0.717) is 6.54 Å². The van der Waals surface area contributed by atoms with E-state index in [1.54, 1.807) is 7.11 Å². The van der Waals surface area contributed by atoms with E-state index in [4.69, 9.17) is 4.74 Å². The Labute approximate surface area is 173 Å². The second-order valence-corrected chi connectivity index (χ2v) is 7.52. The van der Waals surface area contributed by atoms with E-state index in [9.17, 15) is 5.11 Å². The fourth-order valence-corrected chi connectivity index (χ4v) is 4.20. The molecule has 0 fully saturated rings. The topological polar surface area (TPSA) is 35.7 Å². The molecule has 0 aromatic heterocycles. The van der Waals surface area contributed by atoms with Crippen molar-refractivity contribution in [1.82, 2.24) is 0 Å². The summed E-state index contributed by atoms with van der Waals surface area (Å²) in [5.41, 5.74) is 0.921. The van der Waals surface area contributed by atoms with Crippen LogP contribution < -0.4 is 26.6 Å². The van der Waals surface area contributed by atoms with Crippen LogP contribution in [0.25, 0.3) is 0 Å². The number of ether oxygens (including phenoxy) is 1. The van der Waals surface area contributed by atoms with E-state index < -0.39 is 5.72 Å². The highest BCUT2D eigenvalue weighted by atomic mass is 79.9. The lowest BCUT2D eigenvalue weighted by Crippen LogP contribution is -3.00. The van der Waals surface area contributed by atoms with Gasteiger partial charge in [0.2, 0.25) is 0 Å². The molecule has 2 aliphatic rings. The number of anilines is 1. The maximum absolute atomic E-state index is 11.7. The first-order chi connectivity index (χ1) is 12.1. The Morgan fingerprint density at radius 1 is 1.12 bits per heavy atom. The van der Waals surface area contributed by atoms with E-state index in [0.717, 1.165) is 47.3 Å². The zero-order valence-corrected chi connectivity index (χ0v) is 17.8. The summed E-state index contributed by atoms with van der Waals surface area (Å²) in [5, 5.41) is 11.7. The first-order valence-corrected chi connectivity index (χ1v) is 9.45. The molecule has 6 heteroatoms. The zero-order chi connectivity index (χ0) is 17.4. The van der Waals surface area contributed by atoms with Crippen molar-refractivity contribution in [2.45, 2.75) is 25.0 Å². The number of aliphatic hydroxyl groups is 1. The monoisotopic (exact) mass is 480 g/mol. The molecule has 4 rings (SSSR count). The summed E-state index contributed by atoms with van der Waals surface area (Å²) in [4.78, 5) is 2.22. The van der Waals surface area contributed by atoms with E-state index in [1.165, 1.54) is 5.84 Å². The van der Waals surface area contributed by atoms with Crippen LogP contribution in [0.1, 0.15) is 24.8 Å². The Hall–Kier alpha value is -1.37. The first-order valence-electron chi connectivity index (χ1n) is 8.66. The molecule has 1 N–H and O–H groups in total. The lowest BCUT2D eigenvalue weighted by molar-refractivity contribution is -0.661. The van der Waals surface area contributed by atoms with Gasteiger partial charge in [-0.1, -0.05) is 40.2 Å². The van der Waals surface area contributed by atoms with Gasteiger partial charge in [0.15, 0.2) is 18.0 Å². The minimum Gasteiger partial charge on any atom is -1.00 e. The second kappa shape index (κ2) is 7.71. The maximum Gasteiger partial charge on any atom is 0.271 e. The highest BCUT2D eigenvalue weighted by Crippen LogP contribution is 2.39. The van der Waals surface area contributed by atoms with Crippen LogP contribution >= 0.6 is 15.9 Å². The van der Waals surface area contributed by atoms with Gasteiger partial charge in [-0.05, 0) is 37.1 Å². The number of hydrogen-bond donors (Lipinski definition) is 1. The van der Waals surface area contributed by atoms with E-state index in [-0.39, 0.29) is 17.0 Å². The molecule has 4 nitrogen and oxygen atoms in total. The predicted octanol–water partition coefficient (Wildman–Crippen LogP) is 0.722. The molecule has 0 saturated carbocycles. The third-order valence-corrected chi connectivity index (χ3v) is 5.69. The van der Waals surface area contributed by atoms with Crippen molar-refractivity contribution >= 4 is 27.5 Å². The van der Waals surface area contributed by atoms with Gasteiger partial charge in [0.05, 0.1) is 13.7 Å². The summed E-state index contributed by atoms with van der Waals surface area (Å²) in [6.07, 6.45) is 3.22. The summed E-state index contributed by atoms with van der Waals surface area (Å²) in [6.45, 7) is 1.37. The van der Waals surface area contributed by atoms with Crippen LogP contribution in [0.3, 0.4) is 0 Å². The smallest absolute Gasteiger partial charge is 0.271 e. The number of para-hydroxylation sites is 2. The van der Waals surface area contributed by atoms with Crippen LogP contribution in [-0.4, -0.2) is 35.7 Å². The fourth-order valence-electron chi connectivity index (χ4n) is 3.93. The van der Waals surface area contributed by atoms with Gasteiger partial charge in [-0.25, -0.2) is 9.48 Å². The van der Waals surface area contributed by atoms with Gasteiger partial charge < -0.3 is 26.8 Å². The fraction of sp³-hybridized carbons (Fsp3) is 0.350. The summed E-state index contributed by atoms with van der Waals surface area (Å²) < 4.78 is 8.75. The summed E-state index contributed by atoms with van der Waals surface area (Å²) in [7, 11) is 1.69. The van der Waals surface area contributed by atoms with Crippen LogP contribution in [0.5, 0.6) is 5.75 Å². The first kappa shape index (κ1) is 19.4. The van der Waals surface area contributed by atoms with Crippen LogP contribution in [0, 0.1) is 0 Å². The SMILES string of the molecule is COc1ccccc1N1CC(O)(c2ccc(Br)cc2)[N+]2=C1CCCC2.[Br-]. The Bertz CT molecular complexity index is 823. The lowest BCUT2D eigenvalue weighted by Gasteiger charge is -2.24. The van der Waals surface area contributed by atoms with Gasteiger partial charge in [-0.3, -0.25) is 0 Å². The molecular weight excluding hydrogens is 460 g/mol. The molecule has 26 heavy (non-hydrogen) atoms. The van der Waals surface area contributed by atoms with Crippen molar-refractivity contribution < 1.29 is 31.4 Å². The van der Waals surface area contributed by atoms with Gasteiger partial charge in [-0.15, -0.1) is 0 Å². The van der Waals surface area contributed by atoms with Crippen molar-refractivity contribution in [3.8, 4) is 5.75 Å². The van der Waals surface area contributed by atoms with Crippen LogP contribution in [0.15, 0.2) is 53.0 Å². The van der Waals surface area contributed by atoms with Crippen LogP contribution in [0.2, 0.25) is 0 Å². The summed E-state index contributed by atoms with van der Waals surface area (Å²) >= 11 is 3.48. The third-order valence-electron chi connectivity index (χ3n) is 5.16. The molecule has 0 aliphatic carbocycles. The van der Waals surface area contributed by atoms with Gasteiger partial charge in [0.25, 0.3) is 11.6 Å². The van der Waals surface area contributed by atoms with Crippen molar-refractivity contribution in [3.05, 3.63) is 58.6 Å². The Balaban J connectivity index is 0.00000196. The summed E-state index contributed by atoms with van der Waals surface area (Å²) in [6, 6.07) is 16.0. The molecule has 0 amide bonds. The third kappa shape index (κ3) is 3.19. The molecule has 1 atom stereocenters. The zero-order valence-electron chi connectivity index (χ0n) is 14.7. The molecule has 0 saturated heterocycles. The van der Waals surface area contributed by atoms with Gasteiger partial charge in [0, 0.05) is 16.5 Å². The molecule has 2 aliphatic heterocycles. The van der Waals surface area contributed by atoms with E-state index in [1.807, 2.05) is 42.5 Å². The van der Waals surface area contributed by atoms with Crippen LogP contribution in [0.4, 0.5) is 5.69 Å². The average Bonchev–Trinajstić information content (AvgIpc) is 2.96. The molecule has 2 heterocycles. The number of amidine groups is 1. The summed E-state index contributed by atoms with van der Waals surface area (Å²) in [5.74, 6) is 2.02. The number of nitrogens with zero attached hydrogens (tertiary/aromatic N) is 2. The van der Waals surface area contributed by atoms with E-state index >= 15 is 0 Å². The van der Waals surface area contributed by atoms with Crippen molar-refractivity contribution in [2.75, 3.05) is 25.1 Å². The number of benzene rings is 2. The molecule has 0 bridgehead atoms. The average molecular weight is 482 g/mol. The molecular formula is C20H22Br2N2O2. The molecule has 2 aromatic rings. The second-order valence-electron chi connectivity index (χ2n) is 6.61. The molecule has 0 spiro atoms. The number of rotatable bonds is 3. The number of methoxy groups -OCH3 is 1. The molecule has 1 unspecified atom stereocenters. The number of halogens is 2. The standard InChI is InChI=1S/C20H22BrN2O2.BrH/c1-25-18-7-3-2-6-17(18)22-14-20(24,15-9-11-16(21)12-10-15)23-13-5-4-8-19(22)23;/h2-3,6-7,9-12,24H,4-5,8,13-14H2,1H3;1H/q+1;/p-1. The molecule has 2 aromatic carbocycles.